The number of nitrogens with one attached hydrogen (secondary N) is 2. The summed E-state index contributed by atoms with van der Waals surface area (Å²) in [6, 6.07) is 10.1. The van der Waals surface area contributed by atoms with E-state index >= 15 is 0 Å². The van der Waals surface area contributed by atoms with Crippen molar-refractivity contribution < 1.29 is 0 Å². The minimum Gasteiger partial charge on any atom is -0.361 e. The zero-order valence-corrected chi connectivity index (χ0v) is 21.7. The highest BCUT2D eigenvalue weighted by Crippen LogP contribution is 2.39. The molecule has 33 heavy (non-hydrogen) atoms. The molecule has 0 unspecified atom stereocenters. The van der Waals surface area contributed by atoms with Crippen LogP contribution in [-0.2, 0) is 5.41 Å². The van der Waals surface area contributed by atoms with Gasteiger partial charge in [0.15, 0.2) is 5.11 Å². The van der Waals surface area contributed by atoms with Crippen LogP contribution in [0.5, 0.6) is 0 Å². The number of benzene rings is 1. The number of halogens is 2. The van der Waals surface area contributed by atoms with E-state index in [0.717, 1.165) is 43.3 Å². The number of aromatic nitrogens is 2. The highest BCUT2D eigenvalue weighted by Gasteiger charge is 2.34. The number of thiocarbonyl (C=S) groups is 1. The highest BCUT2D eigenvalue weighted by atomic mass is 35.5. The van der Waals surface area contributed by atoms with Crippen LogP contribution < -0.4 is 15.5 Å². The topological polar surface area (TPSA) is 53.1 Å². The summed E-state index contributed by atoms with van der Waals surface area (Å²) in [6.45, 7) is 7.26. The molecule has 0 amide bonds. The van der Waals surface area contributed by atoms with Crippen LogP contribution in [0.3, 0.4) is 0 Å². The van der Waals surface area contributed by atoms with Gasteiger partial charge in [-0.15, -0.1) is 0 Å². The van der Waals surface area contributed by atoms with Crippen LogP contribution >= 0.6 is 35.4 Å². The zero-order valence-electron chi connectivity index (χ0n) is 19.4. The maximum Gasteiger partial charge on any atom is 0.232 e. The molecule has 2 fully saturated rings. The molecule has 4 rings (SSSR count). The Hall–Kier alpha value is -1.63. The van der Waals surface area contributed by atoms with Crippen molar-refractivity contribution in [3.63, 3.8) is 0 Å². The predicted molar refractivity (Wildman–Crippen MR) is 143 cm³/mol. The quantitative estimate of drug-likeness (QED) is 0.359. The van der Waals surface area contributed by atoms with Gasteiger partial charge in [0.2, 0.25) is 5.95 Å². The second-order valence-corrected chi connectivity index (χ2v) is 11.1. The van der Waals surface area contributed by atoms with E-state index in [1.807, 2.05) is 18.2 Å². The summed E-state index contributed by atoms with van der Waals surface area (Å²) in [5.74, 6) is 2.53. The molecule has 2 aliphatic rings. The average Bonchev–Trinajstić information content (AvgIpc) is 2.77. The number of nitrogens with zero attached hydrogens (tertiary/aromatic N) is 3. The summed E-state index contributed by atoms with van der Waals surface area (Å²) < 4.78 is 0. The first-order valence-electron chi connectivity index (χ1n) is 11.9. The number of hydrogen-bond donors (Lipinski definition) is 2. The van der Waals surface area contributed by atoms with Gasteiger partial charge in [-0.25, -0.2) is 4.98 Å². The molecule has 2 aromatic rings. The molecule has 1 saturated heterocycles. The first-order valence-corrected chi connectivity index (χ1v) is 13.1. The summed E-state index contributed by atoms with van der Waals surface area (Å²) in [7, 11) is 0. The third-order valence-electron chi connectivity index (χ3n) is 6.93. The number of hydrogen-bond acceptors (Lipinski definition) is 4. The van der Waals surface area contributed by atoms with Gasteiger partial charge in [0.25, 0.3) is 0 Å². The first-order chi connectivity index (χ1) is 15.8. The third-order valence-corrected chi connectivity index (χ3v) is 7.61. The van der Waals surface area contributed by atoms with Crippen molar-refractivity contribution in [1.82, 2.24) is 15.3 Å². The van der Waals surface area contributed by atoms with Gasteiger partial charge in [0.1, 0.15) is 11.0 Å². The van der Waals surface area contributed by atoms with Crippen LogP contribution in [0.25, 0.3) is 0 Å². The van der Waals surface area contributed by atoms with Crippen LogP contribution in [0.4, 0.5) is 11.8 Å². The van der Waals surface area contributed by atoms with E-state index in [1.54, 1.807) is 0 Å². The van der Waals surface area contributed by atoms with Gasteiger partial charge >= 0.3 is 0 Å². The summed E-state index contributed by atoms with van der Waals surface area (Å²) in [5.41, 5.74) is 1.30. The molecule has 0 spiro atoms. The van der Waals surface area contributed by atoms with Crippen molar-refractivity contribution in [3.8, 4) is 0 Å². The van der Waals surface area contributed by atoms with Crippen LogP contribution in [0.15, 0.2) is 30.3 Å². The van der Waals surface area contributed by atoms with Crippen molar-refractivity contribution in [1.29, 1.82) is 0 Å². The van der Waals surface area contributed by atoms with Crippen LogP contribution in [-0.4, -0.2) is 34.7 Å². The fourth-order valence-corrected chi connectivity index (χ4v) is 6.01. The van der Waals surface area contributed by atoms with Crippen LogP contribution in [0.1, 0.15) is 57.9 Å². The number of anilines is 2. The Labute approximate surface area is 212 Å². The SMILES string of the molecule is C[C@H]1C[C@H](C)CN(c2cc(Cl)nc(NC(=S)NCC3(c4cccc(Cl)c4)CCCCC3)n2)C1. The molecule has 0 radical (unpaired) electrons. The second-order valence-electron chi connectivity index (χ2n) is 9.88. The van der Waals surface area contributed by atoms with Crippen molar-refractivity contribution in [2.24, 2.45) is 11.8 Å². The highest BCUT2D eigenvalue weighted by molar-refractivity contribution is 7.80. The molecule has 0 bridgehead atoms. The van der Waals surface area contributed by atoms with Crippen molar-refractivity contribution >= 4 is 52.3 Å². The van der Waals surface area contributed by atoms with Gasteiger partial charge < -0.3 is 15.5 Å². The molecule has 8 heteroatoms. The van der Waals surface area contributed by atoms with Crippen molar-refractivity contribution in [2.45, 2.75) is 57.8 Å². The third kappa shape index (κ3) is 6.28. The molecule has 178 valence electrons. The lowest BCUT2D eigenvalue weighted by molar-refractivity contribution is 0.292. The predicted octanol–water partition coefficient (Wildman–Crippen LogP) is 6.45. The van der Waals surface area contributed by atoms with Gasteiger partial charge in [-0.05, 0) is 61.0 Å². The van der Waals surface area contributed by atoms with E-state index in [1.165, 1.54) is 31.2 Å². The Balaban J connectivity index is 1.44. The molecule has 2 N–H and O–H groups in total. The maximum absolute atomic E-state index is 6.35. The molecule has 1 aromatic carbocycles. The van der Waals surface area contributed by atoms with E-state index in [9.17, 15) is 0 Å². The van der Waals surface area contributed by atoms with Gasteiger partial charge in [-0.2, -0.15) is 4.98 Å². The molecular weight excluding hydrogens is 473 g/mol. The van der Waals surface area contributed by atoms with Crippen LogP contribution in [0, 0.1) is 11.8 Å². The molecule has 1 saturated carbocycles. The summed E-state index contributed by atoms with van der Waals surface area (Å²) in [6.07, 6.45) is 7.17. The van der Waals surface area contributed by atoms with E-state index in [2.05, 4.69) is 46.5 Å². The summed E-state index contributed by atoms with van der Waals surface area (Å²) in [5, 5.41) is 8.30. The molecule has 1 aliphatic heterocycles. The van der Waals surface area contributed by atoms with E-state index < -0.39 is 0 Å². The van der Waals surface area contributed by atoms with E-state index in [4.69, 9.17) is 40.4 Å². The fraction of sp³-hybridized carbons (Fsp3) is 0.560. The molecular formula is C25H33Cl2N5S. The molecule has 5 nitrogen and oxygen atoms in total. The molecule has 2 atom stereocenters. The number of piperidine rings is 1. The van der Waals surface area contributed by atoms with E-state index in [0.29, 0.717) is 28.0 Å². The van der Waals surface area contributed by atoms with Crippen molar-refractivity contribution in [3.05, 3.63) is 46.1 Å². The Morgan fingerprint density at radius 1 is 1.09 bits per heavy atom. The average molecular weight is 507 g/mol. The second kappa shape index (κ2) is 10.7. The molecule has 2 heterocycles. The lowest BCUT2D eigenvalue weighted by Crippen LogP contribution is -2.43. The normalized spacial score (nSPS) is 22.6. The number of rotatable bonds is 5. The Morgan fingerprint density at radius 2 is 1.82 bits per heavy atom. The van der Waals surface area contributed by atoms with E-state index in [-0.39, 0.29) is 5.41 Å². The maximum atomic E-state index is 6.35. The lowest BCUT2D eigenvalue weighted by atomic mass is 9.69. The van der Waals surface area contributed by atoms with Gasteiger partial charge in [-0.1, -0.05) is 68.4 Å². The van der Waals surface area contributed by atoms with Crippen LogP contribution in [0.2, 0.25) is 10.2 Å². The van der Waals surface area contributed by atoms with Gasteiger partial charge in [0, 0.05) is 36.1 Å². The minimum absolute atomic E-state index is 0.0231. The molecule has 1 aromatic heterocycles. The Morgan fingerprint density at radius 3 is 2.52 bits per heavy atom. The monoisotopic (exact) mass is 505 g/mol. The fourth-order valence-electron chi connectivity index (χ4n) is 5.48. The van der Waals surface area contributed by atoms with Crippen molar-refractivity contribution in [2.75, 3.05) is 29.9 Å². The molecule has 1 aliphatic carbocycles. The summed E-state index contributed by atoms with van der Waals surface area (Å²) in [4.78, 5) is 11.4. The standard InChI is InChI=1S/C25H33Cl2N5S/c1-17-11-18(2)15-32(14-17)22-13-21(27)29-23(30-22)31-24(33)28-16-25(9-4-3-5-10-25)19-7-6-8-20(26)12-19/h6-8,12-13,17-18H,3-5,9-11,14-16H2,1-2H3,(H2,28,29,30,31,33)/t17-,18-/m0/s1. The Bertz CT molecular complexity index is 969. The minimum atomic E-state index is 0.0231. The van der Waals surface area contributed by atoms with Gasteiger partial charge in [-0.3, -0.25) is 0 Å². The first kappa shape index (κ1) is 24.5. The van der Waals surface area contributed by atoms with Gasteiger partial charge in [0.05, 0.1) is 0 Å². The Kier molecular flexibility index (Phi) is 7.98. The summed E-state index contributed by atoms with van der Waals surface area (Å²) >= 11 is 18.3. The lowest BCUT2D eigenvalue weighted by Gasteiger charge is -2.38. The zero-order chi connectivity index (χ0) is 23.4. The largest absolute Gasteiger partial charge is 0.361 e. The smallest absolute Gasteiger partial charge is 0.232 e.